The molecule has 4 rings (SSSR count). The molecule has 2 aromatic heterocycles. The van der Waals surface area contributed by atoms with Crippen LogP contribution < -0.4 is 10.4 Å². The maximum Gasteiger partial charge on any atom is 0.368 e. The number of benzene rings is 2. The summed E-state index contributed by atoms with van der Waals surface area (Å²) in [5.74, 6) is 0.597. The van der Waals surface area contributed by atoms with E-state index in [1.165, 1.54) is 9.36 Å². The number of halogens is 1. The fourth-order valence-electron chi connectivity index (χ4n) is 3.19. The fraction of sp³-hybridized carbons (Fsp3) is 0.182. The van der Waals surface area contributed by atoms with Crippen molar-refractivity contribution in [3.8, 4) is 22.7 Å². The van der Waals surface area contributed by atoms with E-state index in [1.807, 2.05) is 50.2 Å². The summed E-state index contributed by atoms with van der Waals surface area (Å²) in [6, 6.07) is 17.2. The SMILES string of the molecule is Cc1cc(-c2cccc(Cl)n2)ccc1COc1c(C)cccc1-n1nnn(C)c1=O. The number of tetrazole rings is 1. The molecule has 0 aliphatic carbocycles. The van der Waals surface area contributed by atoms with E-state index < -0.39 is 0 Å². The van der Waals surface area contributed by atoms with E-state index in [-0.39, 0.29) is 5.69 Å². The molecule has 0 saturated heterocycles. The zero-order valence-corrected chi connectivity index (χ0v) is 17.6. The maximum absolute atomic E-state index is 12.3. The van der Waals surface area contributed by atoms with Crippen LogP contribution in [0.2, 0.25) is 5.15 Å². The topological polar surface area (TPSA) is 74.8 Å². The van der Waals surface area contributed by atoms with E-state index >= 15 is 0 Å². The second-order valence-electron chi connectivity index (χ2n) is 7.00. The van der Waals surface area contributed by atoms with Crippen LogP contribution in [0.1, 0.15) is 16.7 Å². The predicted molar refractivity (Wildman–Crippen MR) is 115 cm³/mol. The highest BCUT2D eigenvalue weighted by Crippen LogP contribution is 2.28. The Morgan fingerprint density at radius 2 is 1.80 bits per heavy atom. The maximum atomic E-state index is 12.3. The molecule has 0 N–H and O–H groups in total. The van der Waals surface area contributed by atoms with E-state index in [9.17, 15) is 4.79 Å². The highest BCUT2D eigenvalue weighted by Gasteiger charge is 2.15. The van der Waals surface area contributed by atoms with Gasteiger partial charge in [-0.25, -0.2) is 9.78 Å². The molecule has 0 saturated carbocycles. The van der Waals surface area contributed by atoms with Crippen LogP contribution in [0.15, 0.2) is 59.4 Å². The van der Waals surface area contributed by atoms with Gasteiger partial charge < -0.3 is 4.74 Å². The van der Waals surface area contributed by atoms with Gasteiger partial charge in [-0.2, -0.15) is 9.36 Å². The number of hydrogen-bond donors (Lipinski definition) is 0. The van der Waals surface area contributed by atoms with Crippen LogP contribution in [0.3, 0.4) is 0 Å². The molecule has 0 atom stereocenters. The van der Waals surface area contributed by atoms with Crippen LogP contribution >= 0.6 is 11.6 Å². The number of pyridine rings is 1. The largest absolute Gasteiger partial charge is 0.486 e. The third-order valence-electron chi connectivity index (χ3n) is 4.87. The molecule has 152 valence electrons. The summed E-state index contributed by atoms with van der Waals surface area (Å²) in [5.41, 5.74) is 5.04. The smallest absolute Gasteiger partial charge is 0.368 e. The second kappa shape index (κ2) is 8.12. The molecular formula is C22H20ClN5O2. The van der Waals surface area contributed by atoms with E-state index in [2.05, 4.69) is 21.5 Å². The molecule has 2 heterocycles. The minimum atomic E-state index is -0.333. The van der Waals surface area contributed by atoms with Crippen molar-refractivity contribution in [1.82, 2.24) is 24.8 Å². The Labute approximate surface area is 178 Å². The van der Waals surface area contributed by atoms with Crippen molar-refractivity contribution >= 4 is 11.6 Å². The second-order valence-corrected chi connectivity index (χ2v) is 7.38. The minimum Gasteiger partial charge on any atom is -0.486 e. The average Bonchev–Trinajstić information content (AvgIpc) is 3.06. The van der Waals surface area contributed by atoms with Gasteiger partial charge >= 0.3 is 5.69 Å². The van der Waals surface area contributed by atoms with Gasteiger partial charge in [0.1, 0.15) is 23.2 Å². The lowest BCUT2D eigenvalue weighted by atomic mass is 10.0. The third kappa shape index (κ3) is 3.84. The summed E-state index contributed by atoms with van der Waals surface area (Å²) < 4.78 is 8.56. The summed E-state index contributed by atoms with van der Waals surface area (Å²) in [6.45, 7) is 4.31. The standard InChI is InChI=1S/C22H20ClN5O2/c1-14-6-4-8-19(28-22(29)27(3)25-26-28)21(14)30-13-17-11-10-16(12-15(17)2)18-7-5-9-20(23)24-18/h4-12H,13H2,1-3H3. The van der Waals surface area contributed by atoms with E-state index in [0.29, 0.717) is 23.2 Å². The first-order valence-corrected chi connectivity index (χ1v) is 9.76. The van der Waals surface area contributed by atoms with Crippen molar-refractivity contribution in [2.24, 2.45) is 7.05 Å². The van der Waals surface area contributed by atoms with Crippen molar-refractivity contribution in [2.45, 2.75) is 20.5 Å². The van der Waals surface area contributed by atoms with Crippen molar-refractivity contribution in [2.75, 3.05) is 0 Å². The van der Waals surface area contributed by atoms with Crippen molar-refractivity contribution in [3.63, 3.8) is 0 Å². The van der Waals surface area contributed by atoms with E-state index in [4.69, 9.17) is 16.3 Å². The first kappa shape index (κ1) is 19.8. The Kier molecular flexibility index (Phi) is 5.37. The number of aromatic nitrogens is 5. The van der Waals surface area contributed by atoms with Crippen LogP contribution in [-0.4, -0.2) is 24.8 Å². The molecule has 0 fully saturated rings. The fourth-order valence-corrected chi connectivity index (χ4v) is 3.36. The molecule has 0 unspecified atom stereocenters. The highest BCUT2D eigenvalue weighted by atomic mass is 35.5. The molecule has 0 aliphatic rings. The third-order valence-corrected chi connectivity index (χ3v) is 5.08. The van der Waals surface area contributed by atoms with Gasteiger partial charge in [0.05, 0.1) is 5.69 Å². The van der Waals surface area contributed by atoms with Crippen molar-refractivity contribution in [1.29, 1.82) is 0 Å². The number of aryl methyl sites for hydroxylation is 3. The number of nitrogens with zero attached hydrogens (tertiary/aromatic N) is 5. The molecule has 0 amide bonds. The van der Waals surface area contributed by atoms with Crippen LogP contribution in [0.25, 0.3) is 16.9 Å². The number of rotatable bonds is 5. The van der Waals surface area contributed by atoms with Gasteiger partial charge in [0, 0.05) is 12.6 Å². The Bertz CT molecular complexity index is 1280. The molecule has 7 nitrogen and oxygen atoms in total. The van der Waals surface area contributed by atoms with Gasteiger partial charge in [-0.1, -0.05) is 41.9 Å². The van der Waals surface area contributed by atoms with Crippen molar-refractivity contribution < 1.29 is 4.74 Å². The van der Waals surface area contributed by atoms with Gasteiger partial charge in [-0.05, 0) is 65.2 Å². The number of para-hydroxylation sites is 1. The Hall–Kier alpha value is -3.45. The van der Waals surface area contributed by atoms with Gasteiger partial charge in [-0.15, -0.1) is 0 Å². The summed E-state index contributed by atoms with van der Waals surface area (Å²) in [7, 11) is 1.56. The molecule has 0 bridgehead atoms. The summed E-state index contributed by atoms with van der Waals surface area (Å²) in [6.07, 6.45) is 0. The monoisotopic (exact) mass is 421 g/mol. The normalized spacial score (nSPS) is 10.9. The number of hydrogen-bond acceptors (Lipinski definition) is 5. The van der Waals surface area contributed by atoms with Crippen molar-refractivity contribution in [3.05, 3.63) is 86.9 Å². The molecule has 0 radical (unpaired) electrons. The Morgan fingerprint density at radius 1 is 1.00 bits per heavy atom. The number of ether oxygens (including phenoxy) is 1. The van der Waals surface area contributed by atoms with Gasteiger partial charge in [-0.3, -0.25) is 0 Å². The van der Waals surface area contributed by atoms with Gasteiger partial charge in [0.2, 0.25) is 0 Å². The molecule has 2 aromatic carbocycles. The van der Waals surface area contributed by atoms with Gasteiger partial charge in [0.15, 0.2) is 0 Å². The average molecular weight is 422 g/mol. The van der Waals surface area contributed by atoms with Crippen LogP contribution in [-0.2, 0) is 13.7 Å². The first-order valence-electron chi connectivity index (χ1n) is 9.38. The van der Waals surface area contributed by atoms with Crippen LogP contribution in [0.4, 0.5) is 0 Å². The zero-order chi connectivity index (χ0) is 21.3. The predicted octanol–water partition coefficient (Wildman–Crippen LogP) is 3.88. The Morgan fingerprint density at radius 3 is 2.50 bits per heavy atom. The van der Waals surface area contributed by atoms with E-state index in [1.54, 1.807) is 19.2 Å². The Balaban J connectivity index is 1.61. The molecule has 0 aliphatic heterocycles. The molecule has 8 heteroatoms. The van der Waals surface area contributed by atoms with Crippen LogP contribution in [0.5, 0.6) is 5.75 Å². The quantitative estimate of drug-likeness (QED) is 0.457. The van der Waals surface area contributed by atoms with E-state index in [0.717, 1.165) is 27.9 Å². The molecule has 0 spiro atoms. The summed E-state index contributed by atoms with van der Waals surface area (Å²) in [4.78, 5) is 16.6. The lowest BCUT2D eigenvalue weighted by Gasteiger charge is -2.15. The summed E-state index contributed by atoms with van der Waals surface area (Å²) in [5, 5.41) is 8.18. The first-order chi connectivity index (χ1) is 14.4. The highest BCUT2D eigenvalue weighted by molar-refractivity contribution is 6.29. The van der Waals surface area contributed by atoms with Crippen LogP contribution in [0, 0.1) is 13.8 Å². The minimum absolute atomic E-state index is 0.333. The lowest BCUT2D eigenvalue weighted by Crippen LogP contribution is -2.22. The molecule has 30 heavy (non-hydrogen) atoms. The zero-order valence-electron chi connectivity index (χ0n) is 16.8. The lowest BCUT2D eigenvalue weighted by molar-refractivity contribution is 0.301. The molecule has 4 aromatic rings. The summed E-state index contributed by atoms with van der Waals surface area (Å²) >= 11 is 6.01. The van der Waals surface area contributed by atoms with Gasteiger partial charge in [0.25, 0.3) is 0 Å². The molecular weight excluding hydrogens is 402 g/mol.